The summed E-state index contributed by atoms with van der Waals surface area (Å²) >= 11 is 0. The van der Waals surface area contributed by atoms with Crippen molar-refractivity contribution in [1.29, 1.82) is 0 Å². The molecule has 27 heavy (non-hydrogen) atoms. The Bertz CT molecular complexity index is 608. The molecule has 0 heterocycles. The fraction of sp³-hybridized carbons (Fsp3) is 0.739. The fourth-order valence-corrected chi connectivity index (χ4v) is 6.08. The zero-order valence-corrected chi connectivity index (χ0v) is 16.6. The van der Waals surface area contributed by atoms with Crippen LogP contribution < -0.4 is 0 Å². The third kappa shape index (κ3) is 4.22. The third-order valence-corrected chi connectivity index (χ3v) is 7.57. The average molecular weight is 381 g/mol. The number of aliphatic hydroxyl groups excluding tert-OH is 2. The molecule has 0 aromatic heterocycles. The molecule has 3 rings (SSSR count). The van der Waals surface area contributed by atoms with Gasteiger partial charge in [-0.1, -0.05) is 43.7 Å². The van der Waals surface area contributed by atoms with E-state index in [-0.39, 0.29) is 17.8 Å². The quantitative estimate of drug-likeness (QED) is 0.640. The minimum atomic E-state index is -2.22. The van der Waals surface area contributed by atoms with Crippen molar-refractivity contribution < 1.29 is 19.0 Å². The van der Waals surface area contributed by atoms with Crippen LogP contribution >= 0.6 is 0 Å². The lowest BCUT2D eigenvalue weighted by Gasteiger charge is -2.44. The number of rotatable bonds is 4. The highest BCUT2D eigenvalue weighted by atomic mass is 19.3. The van der Waals surface area contributed by atoms with Crippen LogP contribution in [0.4, 0.5) is 8.78 Å². The molecule has 0 spiro atoms. The van der Waals surface area contributed by atoms with E-state index in [4.69, 9.17) is 0 Å². The highest BCUT2D eigenvalue weighted by molar-refractivity contribution is 5.29. The van der Waals surface area contributed by atoms with Crippen molar-refractivity contribution in [2.75, 3.05) is 0 Å². The van der Waals surface area contributed by atoms with E-state index in [2.05, 4.69) is 25.7 Å². The van der Waals surface area contributed by atoms with Crippen LogP contribution in [0.15, 0.2) is 35.5 Å². The summed E-state index contributed by atoms with van der Waals surface area (Å²) in [5.41, 5.74) is 3.12. The van der Waals surface area contributed by atoms with E-state index >= 15 is 0 Å². The molecule has 0 radical (unpaired) electrons. The standard InChI is InChI=1S/C23H34F2O2/c1-14(11-22(24)25)18-8-9-19-17(5-4-10-23(18,19)3)7-6-16-12-20(26)15(2)21(27)13-16/h6-7,14,18-22,26-27H,2,4-5,8-13H2,1,3H3/b17-7+/t14-,18?,19?,20+,21+,23+/m0/s1. The van der Waals surface area contributed by atoms with Gasteiger partial charge in [-0.05, 0) is 73.7 Å². The number of fused-ring (bicyclic) bond motifs is 1. The first-order valence-corrected chi connectivity index (χ1v) is 10.4. The van der Waals surface area contributed by atoms with E-state index in [9.17, 15) is 19.0 Å². The highest BCUT2D eigenvalue weighted by Crippen LogP contribution is 2.59. The minimum Gasteiger partial charge on any atom is -0.388 e. The normalized spacial score (nSPS) is 39.7. The van der Waals surface area contributed by atoms with Gasteiger partial charge in [0.2, 0.25) is 6.43 Å². The molecule has 0 saturated heterocycles. The molecule has 3 fully saturated rings. The first kappa shape index (κ1) is 20.7. The summed E-state index contributed by atoms with van der Waals surface area (Å²) in [5, 5.41) is 20.1. The second-order valence-electron chi connectivity index (χ2n) is 9.28. The first-order valence-electron chi connectivity index (χ1n) is 10.4. The molecule has 0 aromatic carbocycles. The van der Waals surface area contributed by atoms with E-state index in [1.165, 1.54) is 5.57 Å². The summed E-state index contributed by atoms with van der Waals surface area (Å²) < 4.78 is 25.8. The number of hydrogen-bond donors (Lipinski definition) is 2. The van der Waals surface area contributed by atoms with Gasteiger partial charge in [-0.3, -0.25) is 0 Å². The minimum absolute atomic E-state index is 0.00966. The van der Waals surface area contributed by atoms with Crippen LogP contribution in [-0.2, 0) is 0 Å². The summed E-state index contributed by atoms with van der Waals surface area (Å²) in [6.45, 7) is 8.08. The molecule has 2 N–H and O–H groups in total. The summed E-state index contributed by atoms with van der Waals surface area (Å²) in [5.74, 6) is 0.906. The van der Waals surface area contributed by atoms with Crippen LogP contribution in [0.25, 0.3) is 0 Å². The van der Waals surface area contributed by atoms with E-state index in [0.717, 1.165) is 37.7 Å². The van der Waals surface area contributed by atoms with Gasteiger partial charge in [-0.25, -0.2) is 8.78 Å². The first-order chi connectivity index (χ1) is 12.7. The lowest BCUT2D eigenvalue weighted by molar-refractivity contribution is 0.0522. The maximum atomic E-state index is 12.9. The van der Waals surface area contributed by atoms with E-state index < -0.39 is 18.6 Å². The van der Waals surface area contributed by atoms with Crippen LogP contribution in [0.5, 0.6) is 0 Å². The average Bonchev–Trinajstić information content (AvgIpc) is 2.94. The Morgan fingerprint density at radius 1 is 1.19 bits per heavy atom. The fourth-order valence-electron chi connectivity index (χ4n) is 6.08. The molecule has 2 nitrogen and oxygen atoms in total. The monoisotopic (exact) mass is 380 g/mol. The maximum Gasteiger partial charge on any atom is 0.238 e. The van der Waals surface area contributed by atoms with Gasteiger partial charge in [-0.15, -0.1) is 0 Å². The molecule has 6 atom stereocenters. The van der Waals surface area contributed by atoms with Crippen LogP contribution in [0.2, 0.25) is 0 Å². The largest absolute Gasteiger partial charge is 0.388 e. The topological polar surface area (TPSA) is 40.5 Å². The van der Waals surface area contributed by atoms with Gasteiger partial charge in [-0.2, -0.15) is 0 Å². The molecule has 3 saturated carbocycles. The predicted molar refractivity (Wildman–Crippen MR) is 105 cm³/mol. The number of hydrogen-bond acceptors (Lipinski definition) is 2. The Labute approximate surface area is 162 Å². The predicted octanol–water partition coefficient (Wildman–Crippen LogP) is 5.42. The molecule has 0 aromatic rings. The van der Waals surface area contributed by atoms with Crippen LogP contribution in [0, 0.1) is 23.2 Å². The molecular formula is C23H34F2O2. The summed E-state index contributed by atoms with van der Waals surface area (Å²) in [6.07, 6.45) is 7.25. The van der Waals surface area contributed by atoms with Crippen LogP contribution in [0.3, 0.4) is 0 Å². The van der Waals surface area contributed by atoms with Gasteiger partial charge in [0.05, 0.1) is 12.2 Å². The second-order valence-corrected chi connectivity index (χ2v) is 9.28. The van der Waals surface area contributed by atoms with Gasteiger partial charge in [0.25, 0.3) is 0 Å². The zero-order valence-electron chi connectivity index (χ0n) is 16.6. The van der Waals surface area contributed by atoms with E-state index in [0.29, 0.717) is 30.3 Å². The Morgan fingerprint density at radius 2 is 1.85 bits per heavy atom. The van der Waals surface area contributed by atoms with Crippen molar-refractivity contribution in [3.05, 3.63) is 35.5 Å². The summed E-state index contributed by atoms with van der Waals surface area (Å²) in [7, 11) is 0. The lowest BCUT2D eigenvalue weighted by atomic mass is 9.61. The van der Waals surface area contributed by atoms with Gasteiger partial charge >= 0.3 is 0 Å². The van der Waals surface area contributed by atoms with Crippen LogP contribution in [0.1, 0.15) is 65.2 Å². The van der Waals surface area contributed by atoms with E-state index in [1.54, 1.807) is 0 Å². The van der Waals surface area contributed by atoms with Gasteiger partial charge in [0, 0.05) is 6.42 Å². The molecule has 4 heteroatoms. The molecule has 0 aliphatic heterocycles. The number of aliphatic hydroxyl groups is 2. The molecule has 3 aliphatic carbocycles. The Hall–Kier alpha value is -1.00. The SMILES string of the molecule is C=C1[C@H](O)CC(=C/C=C2\CCC[C@@]3(C)C2CCC3[C@@H](C)CC(F)F)C[C@H]1O. The molecule has 2 unspecified atom stereocenters. The number of allylic oxidation sites excluding steroid dienone is 3. The molecule has 3 aliphatic rings. The second kappa shape index (κ2) is 8.16. The molecule has 0 amide bonds. The molecule has 0 bridgehead atoms. The van der Waals surface area contributed by atoms with Crippen LogP contribution in [-0.4, -0.2) is 28.8 Å². The van der Waals surface area contributed by atoms with Crippen molar-refractivity contribution in [3.8, 4) is 0 Å². The lowest BCUT2D eigenvalue weighted by Crippen LogP contribution is -2.36. The van der Waals surface area contributed by atoms with Gasteiger partial charge in [0.15, 0.2) is 0 Å². The van der Waals surface area contributed by atoms with Crippen molar-refractivity contribution in [1.82, 2.24) is 0 Å². The number of alkyl halides is 2. The van der Waals surface area contributed by atoms with Crippen molar-refractivity contribution >= 4 is 0 Å². The molecule has 152 valence electrons. The van der Waals surface area contributed by atoms with E-state index in [1.807, 2.05) is 6.92 Å². The maximum absolute atomic E-state index is 12.9. The van der Waals surface area contributed by atoms with Crippen molar-refractivity contribution in [2.45, 2.75) is 83.8 Å². The van der Waals surface area contributed by atoms with Gasteiger partial charge in [0.1, 0.15) is 0 Å². The van der Waals surface area contributed by atoms with Gasteiger partial charge < -0.3 is 10.2 Å². The van der Waals surface area contributed by atoms with Crippen molar-refractivity contribution in [2.24, 2.45) is 23.2 Å². The molecular weight excluding hydrogens is 346 g/mol. The Balaban J connectivity index is 1.76. The third-order valence-electron chi connectivity index (χ3n) is 7.57. The highest BCUT2D eigenvalue weighted by Gasteiger charge is 2.50. The summed E-state index contributed by atoms with van der Waals surface area (Å²) in [4.78, 5) is 0. The smallest absolute Gasteiger partial charge is 0.238 e. The summed E-state index contributed by atoms with van der Waals surface area (Å²) in [6, 6.07) is 0. The van der Waals surface area contributed by atoms with Crippen molar-refractivity contribution in [3.63, 3.8) is 0 Å². The zero-order chi connectivity index (χ0) is 19.8. The Kier molecular flexibility index (Phi) is 6.27. The number of halogens is 2. The Morgan fingerprint density at radius 3 is 2.48 bits per heavy atom.